The van der Waals surface area contributed by atoms with Gasteiger partial charge in [-0.3, -0.25) is 9.97 Å². The highest BCUT2D eigenvalue weighted by Crippen LogP contribution is 2.29. The van der Waals surface area contributed by atoms with E-state index < -0.39 is 0 Å². The van der Waals surface area contributed by atoms with Crippen molar-refractivity contribution in [1.29, 1.82) is 0 Å². The normalized spacial score (nSPS) is 13.1. The summed E-state index contributed by atoms with van der Waals surface area (Å²) in [7, 11) is 0. The molecule has 3 rings (SSSR count). The standard InChI is InChI=1S/C13H12N2/c1-9-4-5-11-7-6-10-3-2-8-14-12(10)13(11)15-9/h2-5,8H,6-7H2,1H3. The van der Waals surface area contributed by atoms with Crippen LogP contribution in [0.15, 0.2) is 30.5 Å². The molecule has 15 heavy (non-hydrogen) atoms. The van der Waals surface area contributed by atoms with Gasteiger partial charge in [0.05, 0.1) is 11.4 Å². The zero-order valence-electron chi connectivity index (χ0n) is 8.70. The highest BCUT2D eigenvalue weighted by atomic mass is 14.8. The fraction of sp³-hybridized carbons (Fsp3) is 0.231. The fourth-order valence-electron chi connectivity index (χ4n) is 2.12. The van der Waals surface area contributed by atoms with Crippen LogP contribution < -0.4 is 0 Å². The first-order valence-electron chi connectivity index (χ1n) is 5.25. The molecule has 0 amide bonds. The van der Waals surface area contributed by atoms with Crippen LogP contribution in [-0.2, 0) is 12.8 Å². The predicted octanol–water partition coefficient (Wildman–Crippen LogP) is 2.55. The molecular weight excluding hydrogens is 184 g/mol. The number of nitrogens with zero attached hydrogens (tertiary/aromatic N) is 2. The van der Waals surface area contributed by atoms with E-state index in [-0.39, 0.29) is 0 Å². The van der Waals surface area contributed by atoms with E-state index in [9.17, 15) is 0 Å². The number of pyridine rings is 2. The molecule has 2 heterocycles. The first-order chi connectivity index (χ1) is 7.34. The van der Waals surface area contributed by atoms with Crippen molar-refractivity contribution >= 4 is 0 Å². The van der Waals surface area contributed by atoms with E-state index in [1.165, 1.54) is 11.1 Å². The highest BCUT2D eigenvalue weighted by molar-refractivity contribution is 5.65. The van der Waals surface area contributed by atoms with Gasteiger partial charge in [0.15, 0.2) is 0 Å². The average molecular weight is 196 g/mol. The third-order valence-corrected chi connectivity index (χ3v) is 2.90. The summed E-state index contributed by atoms with van der Waals surface area (Å²) in [5, 5.41) is 0. The van der Waals surface area contributed by atoms with Crippen molar-refractivity contribution in [3.05, 3.63) is 47.3 Å². The third-order valence-electron chi connectivity index (χ3n) is 2.90. The van der Waals surface area contributed by atoms with Crippen molar-refractivity contribution in [3.63, 3.8) is 0 Å². The Morgan fingerprint density at radius 3 is 2.67 bits per heavy atom. The smallest absolute Gasteiger partial charge is 0.0924 e. The number of aryl methyl sites for hydroxylation is 3. The quantitative estimate of drug-likeness (QED) is 0.647. The molecule has 0 saturated carbocycles. The van der Waals surface area contributed by atoms with E-state index in [1.54, 1.807) is 0 Å². The van der Waals surface area contributed by atoms with Crippen molar-refractivity contribution in [2.45, 2.75) is 19.8 Å². The summed E-state index contributed by atoms with van der Waals surface area (Å²) in [6.45, 7) is 2.03. The number of rotatable bonds is 0. The largest absolute Gasteiger partial charge is 0.254 e. The molecule has 74 valence electrons. The van der Waals surface area contributed by atoms with Crippen LogP contribution in [0, 0.1) is 6.92 Å². The third kappa shape index (κ3) is 1.33. The van der Waals surface area contributed by atoms with E-state index in [2.05, 4.69) is 28.2 Å². The van der Waals surface area contributed by atoms with Gasteiger partial charge in [-0.15, -0.1) is 0 Å². The zero-order valence-corrected chi connectivity index (χ0v) is 8.70. The molecule has 0 saturated heterocycles. The summed E-state index contributed by atoms with van der Waals surface area (Å²) in [6, 6.07) is 8.40. The van der Waals surface area contributed by atoms with Crippen LogP contribution in [0.3, 0.4) is 0 Å². The lowest BCUT2D eigenvalue weighted by molar-refractivity contribution is 0.907. The van der Waals surface area contributed by atoms with Crippen LogP contribution in [0.2, 0.25) is 0 Å². The Morgan fingerprint density at radius 2 is 1.80 bits per heavy atom. The molecule has 0 unspecified atom stereocenters. The van der Waals surface area contributed by atoms with Crippen molar-refractivity contribution in [2.75, 3.05) is 0 Å². The summed E-state index contributed by atoms with van der Waals surface area (Å²) in [5.74, 6) is 0. The number of aromatic nitrogens is 2. The van der Waals surface area contributed by atoms with Crippen LogP contribution >= 0.6 is 0 Å². The summed E-state index contributed by atoms with van der Waals surface area (Å²) in [6.07, 6.45) is 4.01. The van der Waals surface area contributed by atoms with Crippen LogP contribution in [0.5, 0.6) is 0 Å². The molecule has 2 aromatic heterocycles. The summed E-state index contributed by atoms with van der Waals surface area (Å²) in [4.78, 5) is 9.03. The lowest BCUT2D eigenvalue weighted by Gasteiger charge is -2.17. The second-order valence-electron chi connectivity index (χ2n) is 3.97. The lowest BCUT2D eigenvalue weighted by Crippen LogP contribution is -2.07. The Labute approximate surface area is 89.0 Å². The van der Waals surface area contributed by atoms with E-state index in [0.29, 0.717) is 0 Å². The molecule has 0 fully saturated rings. The van der Waals surface area contributed by atoms with Gasteiger partial charge in [-0.2, -0.15) is 0 Å². The molecule has 2 heteroatoms. The number of hydrogen-bond acceptors (Lipinski definition) is 2. The van der Waals surface area contributed by atoms with Crippen molar-refractivity contribution in [2.24, 2.45) is 0 Å². The molecule has 1 aliphatic rings. The van der Waals surface area contributed by atoms with Gasteiger partial charge in [-0.05, 0) is 43.0 Å². The molecule has 0 bridgehead atoms. The highest BCUT2D eigenvalue weighted by Gasteiger charge is 2.17. The Kier molecular flexibility index (Phi) is 1.81. The molecule has 0 aliphatic heterocycles. The average Bonchev–Trinajstić information content (AvgIpc) is 2.29. The second-order valence-corrected chi connectivity index (χ2v) is 3.97. The van der Waals surface area contributed by atoms with E-state index in [4.69, 9.17) is 0 Å². The van der Waals surface area contributed by atoms with Crippen molar-refractivity contribution < 1.29 is 0 Å². The molecular formula is C13H12N2. The summed E-state index contributed by atoms with van der Waals surface area (Å²) >= 11 is 0. The molecule has 0 aromatic carbocycles. The zero-order chi connectivity index (χ0) is 10.3. The lowest BCUT2D eigenvalue weighted by atomic mass is 9.93. The molecule has 0 N–H and O–H groups in total. The maximum absolute atomic E-state index is 4.59. The van der Waals surface area contributed by atoms with Crippen LogP contribution in [0.25, 0.3) is 11.4 Å². The SMILES string of the molecule is Cc1ccc2c(n1)-c1ncccc1CC2. The Bertz CT molecular complexity index is 518. The van der Waals surface area contributed by atoms with Crippen molar-refractivity contribution in [1.82, 2.24) is 9.97 Å². The first kappa shape index (κ1) is 8.60. The van der Waals surface area contributed by atoms with Gasteiger partial charge < -0.3 is 0 Å². The number of hydrogen-bond donors (Lipinski definition) is 0. The molecule has 1 aliphatic carbocycles. The second kappa shape index (κ2) is 3.16. The molecule has 0 atom stereocenters. The van der Waals surface area contributed by atoms with Crippen LogP contribution in [0.4, 0.5) is 0 Å². The molecule has 0 spiro atoms. The topological polar surface area (TPSA) is 25.8 Å². The minimum Gasteiger partial charge on any atom is -0.254 e. The Morgan fingerprint density at radius 1 is 1.00 bits per heavy atom. The first-order valence-corrected chi connectivity index (χ1v) is 5.25. The summed E-state index contributed by atoms with van der Waals surface area (Å²) in [5.41, 5.74) is 5.86. The molecule has 2 aromatic rings. The van der Waals surface area contributed by atoms with E-state index >= 15 is 0 Å². The van der Waals surface area contributed by atoms with Gasteiger partial charge in [0.1, 0.15) is 0 Å². The monoisotopic (exact) mass is 196 g/mol. The maximum Gasteiger partial charge on any atom is 0.0924 e. The van der Waals surface area contributed by atoms with Crippen LogP contribution in [0.1, 0.15) is 16.8 Å². The summed E-state index contributed by atoms with van der Waals surface area (Å²) < 4.78 is 0. The predicted molar refractivity (Wildman–Crippen MR) is 59.6 cm³/mol. The van der Waals surface area contributed by atoms with Crippen molar-refractivity contribution in [3.8, 4) is 11.4 Å². The number of fused-ring (bicyclic) bond motifs is 3. The van der Waals surface area contributed by atoms with Gasteiger partial charge in [0, 0.05) is 11.9 Å². The van der Waals surface area contributed by atoms with Gasteiger partial charge in [0.25, 0.3) is 0 Å². The van der Waals surface area contributed by atoms with Gasteiger partial charge in [0.2, 0.25) is 0 Å². The Balaban J connectivity index is 2.28. The minimum absolute atomic E-state index is 1.06. The van der Waals surface area contributed by atoms with Crippen LogP contribution in [-0.4, -0.2) is 9.97 Å². The molecule has 2 nitrogen and oxygen atoms in total. The minimum atomic E-state index is 1.06. The Hall–Kier alpha value is -1.70. The molecule has 0 radical (unpaired) electrons. The van der Waals surface area contributed by atoms with E-state index in [0.717, 1.165) is 29.9 Å². The van der Waals surface area contributed by atoms with Gasteiger partial charge >= 0.3 is 0 Å². The van der Waals surface area contributed by atoms with Gasteiger partial charge in [-0.25, -0.2) is 0 Å². The van der Waals surface area contributed by atoms with E-state index in [1.807, 2.05) is 19.2 Å². The van der Waals surface area contributed by atoms with Gasteiger partial charge in [-0.1, -0.05) is 12.1 Å². The fourth-order valence-corrected chi connectivity index (χ4v) is 2.12. The maximum atomic E-state index is 4.59.